The van der Waals surface area contributed by atoms with Crippen molar-refractivity contribution in [1.82, 2.24) is 4.98 Å². The van der Waals surface area contributed by atoms with Gasteiger partial charge in [-0.3, -0.25) is 4.79 Å². The molecule has 0 radical (unpaired) electrons. The highest BCUT2D eigenvalue weighted by molar-refractivity contribution is 7.13. The molecule has 2 rings (SSSR count). The highest BCUT2D eigenvalue weighted by Gasteiger charge is 2.28. The van der Waals surface area contributed by atoms with Gasteiger partial charge in [0.1, 0.15) is 0 Å². The summed E-state index contributed by atoms with van der Waals surface area (Å²) in [5.74, 6) is -0.124. The fraction of sp³-hybridized carbons (Fsp3) is 0.636. The maximum absolute atomic E-state index is 10.6. The fourth-order valence-electron chi connectivity index (χ4n) is 2.23. The molecule has 4 nitrogen and oxygen atoms in total. The Morgan fingerprint density at radius 3 is 3.00 bits per heavy atom. The van der Waals surface area contributed by atoms with Crippen molar-refractivity contribution in [2.45, 2.75) is 32.7 Å². The zero-order valence-corrected chi connectivity index (χ0v) is 10.3. The third-order valence-corrected chi connectivity index (χ3v) is 3.83. The molecule has 2 unspecified atom stereocenters. The second-order valence-corrected chi connectivity index (χ2v) is 5.37. The number of aromatic nitrogens is 1. The molecule has 2 atom stereocenters. The summed E-state index contributed by atoms with van der Waals surface area (Å²) < 4.78 is 0. The van der Waals surface area contributed by atoms with Gasteiger partial charge in [-0.15, -0.1) is 11.3 Å². The number of carbonyl (C=O) groups is 1. The molecule has 1 aromatic rings. The molecule has 0 spiro atoms. The minimum absolute atomic E-state index is 0.0221. The van der Waals surface area contributed by atoms with Crippen LogP contribution in [-0.4, -0.2) is 28.6 Å². The number of anilines is 1. The Kier molecular flexibility index (Phi) is 3.14. The van der Waals surface area contributed by atoms with E-state index in [4.69, 9.17) is 5.11 Å². The van der Waals surface area contributed by atoms with Crippen molar-refractivity contribution in [3.8, 4) is 0 Å². The number of thiazole rings is 1. The Labute approximate surface area is 98.9 Å². The largest absolute Gasteiger partial charge is 0.481 e. The van der Waals surface area contributed by atoms with Crippen molar-refractivity contribution in [3.63, 3.8) is 0 Å². The van der Waals surface area contributed by atoms with Gasteiger partial charge in [-0.1, -0.05) is 6.92 Å². The molecule has 1 aliphatic rings. The van der Waals surface area contributed by atoms with Gasteiger partial charge in [0.25, 0.3) is 0 Å². The van der Waals surface area contributed by atoms with Gasteiger partial charge in [-0.05, 0) is 19.3 Å². The number of aliphatic carboxylic acids is 1. The highest BCUT2D eigenvalue weighted by Crippen LogP contribution is 2.30. The van der Waals surface area contributed by atoms with Gasteiger partial charge in [0.05, 0.1) is 12.1 Å². The van der Waals surface area contributed by atoms with Gasteiger partial charge in [0, 0.05) is 18.0 Å². The summed E-state index contributed by atoms with van der Waals surface area (Å²) >= 11 is 1.55. The van der Waals surface area contributed by atoms with E-state index in [1.165, 1.54) is 6.42 Å². The molecule has 0 bridgehead atoms. The Morgan fingerprint density at radius 1 is 1.69 bits per heavy atom. The topological polar surface area (TPSA) is 53.4 Å². The molecule has 16 heavy (non-hydrogen) atoms. The number of hydrogen-bond acceptors (Lipinski definition) is 4. The molecule has 88 valence electrons. The van der Waals surface area contributed by atoms with Crippen LogP contribution >= 0.6 is 11.3 Å². The lowest BCUT2D eigenvalue weighted by atomic mass is 10.1. The van der Waals surface area contributed by atoms with E-state index in [9.17, 15) is 4.79 Å². The van der Waals surface area contributed by atoms with Crippen LogP contribution in [0.4, 0.5) is 5.13 Å². The van der Waals surface area contributed by atoms with Crippen molar-refractivity contribution < 1.29 is 9.90 Å². The van der Waals surface area contributed by atoms with E-state index < -0.39 is 5.97 Å². The summed E-state index contributed by atoms with van der Waals surface area (Å²) in [5, 5.41) is 11.5. The summed E-state index contributed by atoms with van der Waals surface area (Å²) in [6.07, 6.45) is 1.21. The standard InChI is InChI=1S/C11H16N2O2S/c1-7-3-8(2)13(5-7)11-12-9(6-16-11)4-10(14)15/h6-8H,3-5H2,1-2H3,(H,14,15). The van der Waals surface area contributed by atoms with E-state index in [0.29, 0.717) is 17.7 Å². The summed E-state index contributed by atoms with van der Waals surface area (Å²) in [7, 11) is 0. The summed E-state index contributed by atoms with van der Waals surface area (Å²) in [4.78, 5) is 17.2. The second kappa shape index (κ2) is 4.41. The van der Waals surface area contributed by atoms with Crippen LogP contribution < -0.4 is 4.90 Å². The van der Waals surface area contributed by atoms with Crippen molar-refractivity contribution >= 4 is 22.4 Å². The molecule has 0 amide bonds. The minimum atomic E-state index is -0.820. The maximum atomic E-state index is 10.6. The first kappa shape index (κ1) is 11.4. The Bertz CT molecular complexity index is 391. The van der Waals surface area contributed by atoms with Gasteiger partial charge in [0.15, 0.2) is 5.13 Å². The number of carboxylic acid groups (broad SMARTS) is 1. The first-order valence-electron chi connectivity index (χ1n) is 5.49. The van der Waals surface area contributed by atoms with Gasteiger partial charge in [-0.2, -0.15) is 0 Å². The van der Waals surface area contributed by atoms with Crippen LogP contribution in [0.1, 0.15) is 26.0 Å². The van der Waals surface area contributed by atoms with Gasteiger partial charge in [0.2, 0.25) is 0 Å². The van der Waals surface area contributed by atoms with Crippen molar-refractivity contribution in [2.75, 3.05) is 11.4 Å². The first-order chi connectivity index (χ1) is 7.56. The summed E-state index contributed by atoms with van der Waals surface area (Å²) in [6, 6.07) is 0.513. The maximum Gasteiger partial charge on any atom is 0.309 e. The van der Waals surface area contributed by atoms with E-state index in [1.807, 2.05) is 5.38 Å². The Balaban J connectivity index is 2.09. The highest BCUT2D eigenvalue weighted by atomic mass is 32.1. The molecule has 0 saturated carbocycles. The lowest BCUT2D eigenvalue weighted by Crippen LogP contribution is -2.26. The minimum Gasteiger partial charge on any atom is -0.481 e. The normalized spacial score (nSPS) is 25.0. The number of hydrogen-bond donors (Lipinski definition) is 1. The molecule has 1 aromatic heterocycles. The zero-order valence-electron chi connectivity index (χ0n) is 9.51. The third-order valence-electron chi connectivity index (χ3n) is 2.90. The average molecular weight is 240 g/mol. The first-order valence-corrected chi connectivity index (χ1v) is 6.37. The molecular formula is C11H16N2O2S. The number of rotatable bonds is 3. The van der Waals surface area contributed by atoms with Crippen molar-refractivity contribution in [3.05, 3.63) is 11.1 Å². The molecule has 1 N–H and O–H groups in total. The number of nitrogens with zero attached hydrogens (tertiary/aromatic N) is 2. The molecule has 0 aromatic carbocycles. The SMILES string of the molecule is CC1CC(C)N(c2nc(CC(=O)O)cs2)C1. The predicted octanol–water partition coefficient (Wildman–Crippen LogP) is 2.00. The third kappa shape index (κ3) is 2.35. The van der Waals surface area contributed by atoms with Crippen LogP contribution in [0.25, 0.3) is 0 Å². The van der Waals surface area contributed by atoms with Crippen LogP contribution in [-0.2, 0) is 11.2 Å². The Morgan fingerprint density at radius 2 is 2.44 bits per heavy atom. The summed E-state index contributed by atoms with van der Waals surface area (Å²) in [5.41, 5.74) is 0.666. The van der Waals surface area contributed by atoms with E-state index >= 15 is 0 Å². The van der Waals surface area contributed by atoms with E-state index in [2.05, 4.69) is 23.7 Å². The number of carboxylic acids is 1. The second-order valence-electron chi connectivity index (χ2n) is 4.53. The van der Waals surface area contributed by atoms with E-state index in [-0.39, 0.29) is 6.42 Å². The van der Waals surface area contributed by atoms with Gasteiger partial charge < -0.3 is 10.0 Å². The molecule has 2 heterocycles. The van der Waals surface area contributed by atoms with Gasteiger partial charge in [-0.25, -0.2) is 4.98 Å². The molecule has 1 saturated heterocycles. The summed E-state index contributed by atoms with van der Waals surface area (Å²) in [6.45, 7) is 5.46. The molecule has 1 aliphatic heterocycles. The fourth-order valence-corrected chi connectivity index (χ4v) is 3.17. The van der Waals surface area contributed by atoms with Crippen LogP contribution in [0.5, 0.6) is 0 Å². The average Bonchev–Trinajstić information content (AvgIpc) is 2.72. The lowest BCUT2D eigenvalue weighted by Gasteiger charge is -2.19. The predicted molar refractivity (Wildman–Crippen MR) is 64.0 cm³/mol. The smallest absolute Gasteiger partial charge is 0.309 e. The molecule has 1 fully saturated rings. The lowest BCUT2D eigenvalue weighted by molar-refractivity contribution is -0.136. The molecular weight excluding hydrogens is 224 g/mol. The van der Waals surface area contributed by atoms with Crippen LogP contribution in [0.2, 0.25) is 0 Å². The Hall–Kier alpha value is -1.10. The quantitative estimate of drug-likeness (QED) is 0.878. The van der Waals surface area contributed by atoms with Crippen molar-refractivity contribution in [1.29, 1.82) is 0 Å². The van der Waals surface area contributed by atoms with Crippen LogP contribution in [0.15, 0.2) is 5.38 Å². The van der Waals surface area contributed by atoms with E-state index in [0.717, 1.165) is 11.7 Å². The van der Waals surface area contributed by atoms with Crippen LogP contribution in [0.3, 0.4) is 0 Å². The monoisotopic (exact) mass is 240 g/mol. The van der Waals surface area contributed by atoms with Crippen LogP contribution in [0, 0.1) is 5.92 Å². The molecule has 5 heteroatoms. The van der Waals surface area contributed by atoms with Gasteiger partial charge >= 0.3 is 5.97 Å². The molecule has 0 aliphatic carbocycles. The van der Waals surface area contributed by atoms with E-state index in [1.54, 1.807) is 11.3 Å². The zero-order chi connectivity index (χ0) is 11.7. The van der Waals surface area contributed by atoms with Crippen molar-refractivity contribution in [2.24, 2.45) is 5.92 Å².